The lowest BCUT2D eigenvalue weighted by atomic mass is 10.2. The topological polar surface area (TPSA) is 60.1 Å². The highest BCUT2D eigenvalue weighted by Crippen LogP contribution is 2.30. The number of thiazole rings is 1. The van der Waals surface area contributed by atoms with Gasteiger partial charge in [0.1, 0.15) is 5.76 Å². The SMILES string of the molecule is C=CCn1c(C)cc(-c2csc(NC(=O)/C=C/c3ccco3)n2)c1C. The summed E-state index contributed by atoms with van der Waals surface area (Å²) in [5.41, 5.74) is 4.23. The number of carbonyl (C=O) groups is 1. The molecule has 0 saturated heterocycles. The third kappa shape index (κ3) is 3.80. The summed E-state index contributed by atoms with van der Waals surface area (Å²) in [6, 6.07) is 5.66. The van der Waals surface area contributed by atoms with Gasteiger partial charge in [0.15, 0.2) is 5.13 Å². The maximum absolute atomic E-state index is 12.0. The van der Waals surface area contributed by atoms with E-state index in [0.29, 0.717) is 10.9 Å². The molecule has 5 nitrogen and oxygen atoms in total. The Labute approximate surface area is 150 Å². The summed E-state index contributed by atoms with van der Waals surface area (Å²) in [6.45, 7) is 8.69. The first-order valence-electron chi connectivity index (χ1n) is 7.84. The van der Waals surface area contributed by atoms with Gasteiger partial charge in [-0.3, -0.25) is 10.1 Å². The van der Waals surface area contributed by atoms with Crippen LogP contribution in [-0.2, 0) is 11.3 Å². The number of amides is 1. The zero-order valence-corrected chi connectivity index (χ0v) is 15.0. The quantitative estimate of drug-likeness (QED) is 0.518. The highest BCUT2D eigenvalue weighted by Gasteiger charge is 2.13. The van der Waals surface area contributed by atoms with Crippen molar-refractivity contribution in [3.63, 3.8) is 0 Å². The number of furan rings is 1. The van der Waals surface area contributed by atoms with Crippen LogP contribution in [0.15, 0.2) is 53.0 Å². The van der Waals surface area contributed by atoms with Gasteiger partial charge in [0.05, 0.1) is 12.0 Å². The lowest BCUT2D eigenvalue weighted by Gasteiger charge is -2.05. The van der Waals surface area contributed by atoms with Gasteiger partial charge >= 0.3 is 0 Å². The molecule has 3 aromatic rings. The van der Waals surface area contributed by atoms with Crippen molar-refractivity contribution >= 4 is 28.5 Å². The molecule has 3 rings (SSSR count). The molecule has 0 aliphatic rings. The second-order valence-electron chi connectivity index (χ2n) is 5.56. The number of hydrogen-bond acceptors (Lipinski definition) is 4. The van der Waals surface area contributed by atoms with Gasteiger partial charge in [-0.1, -0.05) is 6.08 Å². The van der Waals surface area contributed by atoms with Crippen LogP contribution in [0.4, 0.5) is 5.13 Å². The molecule has 0 spiro atoms. The van der Waals surface area contributed by atoms with E-state index in [1.54, 1.807) is 24.5 Å². The minimum atomic E-state index is -0.241. The minimum absolute atomic E-state index is 0.241. The number of hydrogen-bond donors (Lipinski definition) is 1. The fourth-order valence-corrected chi connectivity index (χ4v) is 3.33. The maximum atomic E-state index is 12.0. The predicted molar refractivity (Wildman–Crippen MR) is 102 cm³/mol. The van der Waals surface area contributed by atoms with Crippen molar-refractivity contribution in [2.75, 3.05) is 5.32 Å². The van der Waals surface area contributed by atoms with E-state index < -0.39 is 0 Å². The summed E-state index contributed by atoms with van der Waals surface area (Å²) < 4.78 is 7.34. The summed E-state index contributed by atoms with van der Waals surface area (Å²) in [5, 5.41) is 5.30. The average Bonchev–Trinajstić information content (AvgIpc) is 3.31. The zero-order valence-electron chi connectivity index (χ0n) is 14.2. The molecule has 128 valence electrons. The van der Waals surface area contributed by atoms with Crippen LogP contribution in [0, 0.1) is 13.8 Å². The molecule has 0 unspecified atom stereocenters. The van der Waals surface area contributed by atoms with Gasteiger partial charge < -0.3 is 8.98 Å². The average molecular weight is 353 g/mol. The standard InChI is InChI=1S/C19H19N3O2S/c1-4-9-22-13(2)11-16(14(22)3)17-12-25-19(20-17)21-18(23)8-7-15-6-5-10-24-15/h4-8,10-12H,1,9H2,2-3H3,(H,20,21,23)/b8-7+. The number of rotatable bonds is 6. The molecule has 25 heavy (non-hydrogen) atoms. The highest BCUT2D eigenvalue weighted by molar-refractivity contribution is 7.14. The van der Waals surface area contributed by atoms with Crippen molar-refractivity contribution in [3.8, 4) is 11.3 Å². The van der Waals surface area contributed by atoms with E-state index in [4.69, 9.17) is 4.42 Å². The summed E-state index contributed by atoms with van der Waals surface area (Å²) in [7, 11) is 0. The Balaban J connectivity index is 1.73. The molecule has 0 radical (unpaired) electrons. The Morgan fingerprint density at radius 2 is 2.32 bits per heavy atom. The molecular weight excluding hydrogens is 334 g/mol. The van der Waals surface area contributed by atoms with Gasteiger partial charge in [-0.05, 0) is 38.1 Å². The molecule has 0 saturated carbocycles. The van der Waals surface area contributed by atoms with E-state index in [9.17, 15) is 4.79 Å². The Morgan fingerprint density at radius 1 is 1.48 bits per heavy atom. The van der Waals surface area contributed by atoms with Crippen molar-refractivity contribution < 1.29 is 9.21 Å². The zero-order chi connectivity index (χ0) is 17.8. The number of nitrogens with one attached hydrogen (secondary N) is 1. The van der Waals surface area contributed by atoms with Gasteiger partial charge in [-0.2, -0.15) is 0 Å². The van der Waals surface area contributed by atoms with Gasteiger partial charge in [-0.25, -0.2) is 4.98 Å². The summed E-state index contributed by atoms with van der Waals surface area (Å²) in [4.78, 5) is 16.5. The normalized spacial score (nSPS) is 11.1. The highest BCUT2D eigenvalue weighted by atomic mass is 32.1. The van der Waals surface area contributed by atoms with Crippen LogP contribution in [0.1, 0.15) is 17.1 Å². The summed E-state index contributed by atoms with van der Waals surface area (Å²) in [6.07, 6.45) is 6.48. The third-order valence-electron chi connectivity index (χ3n) is 3.84. The van der Waals surface area contributed by atoms with E-state index in [2.05, 4.69) is 41.4 Å². The van der Waals surface area contributed by atoms with Crippen LogP contribution in [0.25, 0.3) is 17.3 Å². The molecule has 6 heteroatoms. The van der Waals surface area contributed by atoms with Gasteiger partial charge in [-0.15, -0.1) is 17.9 Å². The number of aromatic nitrogens is 2. The largest absolute Gasteiger partial charge is 0.465 e. The number of anilines is 1. The van der Waals surface area contributed by atoms with Crippen molar-refractivity contribution in [2.45, 2.75) is 20.4 Å². The first-order chi connectivity index (χ1) is 12.1. The minimum Gasteiger partial charge on any atom is -0.465 e. The van der Waals surface area contributed by atoms with E-state index in [1.165, 1.54) is 17.4 Å². The molecule has 1 N–H and O–H groups in total. The van der Waals surface area contributed by atoms with Crippen molar-refractivity contribution in [1.82, 2.24) is 9.55 Å². The Morgan fingerprint density at radius 3 is 3.04 bits per heavy atom. The Bertz CT molecular complexity index is 917. The number of aryl methyl sites for hydroxylation is 1. The van der Waals surface area contributed by atoms with Crippen LogP contribution in [0.2, 0.25) is 0 Å². The fourth-order valence-electron chi connectivity index (χ4n) is 2.62. The second kappa shape index (κ2) is 7.36. The molecule has 1 amide bonds. The number of allylic oxidation sites excluding steroid dienone is 1. The third-order valence-corrected chi connectivity index (χ3v) is 4.60. The van der Waals surface area contributed by atoms with E-state index >= 15 is 0 Å². The molecule has 3 heterocycles. The van der Waals surface area contributed by atoms with E-state index in [1.807, 2.05) is 11.5 Å². The van der Waals surface area contributed by atoms with Gasteiger partial charge in [0, 0.05) is 35.0 Å². The lowest BCUT2D eigenvalue weighted by molar-refractivity contribution is -0.111. The molecule has 0 atom stereocenters. The van der Waals surface area contributed by atoms with Crippen LogP contribution in [-0.4, -0.2) is 15.5 Å². The molecular formula is C19H19N3O2S. The van der Waals surface area contributed by atoms with Gasteiger partial charge in [0.2, 0.25) is 5.91 Å². The van der Waals surface area contributed by atoms with Crippen LogP contribution >= 0.6 is 11.3 Å². The number of nitrogens with zero attached hydrogens (tertiary/aromatic N) is 2. The van der Waals surface area contributed by atoms with Crippen molar-refractivity contribution in [1.29, 1.82) is 0 Å². The number of carbonyl (C=O) groups excluding carboxylic acids is 1. The smallest absolute Gasteiger partial charge is 0.250 e. The Kier molecular flexibility index (Phi) is 5.00. The van der Waals surface area contributed by atoms with Crippen molar-refractivity contribution in [2.24, 2.45) is 0 Å². The second-order valence-corrected chi connectivity index (χ2v) is 6.42. The van der Waals surface area contributed by atoms with E-state index in [-0.39, 0.29) is 5.91 Å². The van der Waals surface area contributed by atoms with Crippen LogP contribution in [0.3, 0.4) is 0 Å². The summed E-state index contributed by atoms with van der Waals surface area (Å²) >= 11 is 1.40. The van der Waals surface area contributed by atoms with Gasteiger partial charge in [0.25, 0.3) is 0 Å². The van der Waals surface area contributed by atoms with E-state index in [0.717, 1.165) is 29.2 Å². The molecule has 0 bridgehead atoms. The molecule has 0 aliphatic heterocycles. The molecule has 0 aliphatic carbocycles. The molecule has 0 aromatic carbocycles. The molecule has 0 fully saturated rings. The maximum Gasteiger partial charge on any atom is 0.250 e. The Hall–Kier alpha value is -2.86. The van der Waals surface area contributed by atoms with Crippen LogP contribution < -0.4 is 5.32 Å². The first kappa shape index (κ1) is 17.0. The van der Waals surface area contributed by atoms with Crippen molar-refractivity contribution in [3.05, 3.63) is 65.7 Å². The fraction of sp³-hybridized carbons (Fsp3) is 0.158. The lowest BCUT2D eigenvalue weighted by Crippen LogP contribution is -2.07. The molecule has 3 aromatic heterocycles. The summed E-state index contributed by atoms with van der Waals surface area (Å²) in [5.74, 6) is 0.388. The van der Waals surface area contributed by atoms with Crippen LogP contribution in [0.5, 0.6) is 0 Å². The predicted octanol–water partition coefficient (Wildman–Crippen LogP) is 4.66. The monoisotopic (exact) mass is 353 g/mol. The first-order valence-corrected chi connectivity index (χ1v) is 8.72.